The third-order valence-electron chi connectivity index (χ3n) is 14.5. The van der Waals surface area contributed by atoms with E-state index in [-0.39, 0.29) is 58.3 Å². The lowest BCUT2D eigenvalue weighted by atomic mass is 9.44. The number of anilines is 2. The molecule has 4 fully saturated rings. The third-order valence-corrected chi connectivity index (χ3v) is 14.9. The minimum Gasteiger partial charge on any atom is -0.489 e. The Bertz CT molecular complexity index is 2240. The zero-order valence-electron chi connectivity index (χ0n) is 36.1. The lowest BCUT2D eigenvalue weighted by molar-refractivity contribution is -0.196. The smallest absolute Gasteiger partial charge is 0.262 e. The molecule has 0 spiro atoms. The van der Waals surface area contributed by atoms with Gasteiger partial charge in [0.05, 0.1) is 16.8 Å². The zero-order chi connectivity index (χ0) is 43.5. The molecule has 4 aliphatic heterocycles. The molecule has 4 amide bonds. The summed E-state index contributed by atoms with van der Waals surface area (Å²) in [7, 11) is 2.16. The van der Waals surface area contributed by atoms with Crippen molar-refractivity contribution in [2.75, 3.05) is 49.6 Å². The number of imide groups is 2. The maximum absolute atomic E-state index is 15.6. The predicted molar refractivity (Wildman–Crippen MR) is 233 cm³/mol. The lowest BCUT2D eigenvalue weighted by Crippen LogP contribution is -2.66. The van der Waals surface area contributed by atoms with E-state index in [4.69, 9.17) is 16.3 Å². The fourth-order valence-electron chi connectivity index (χ4n) is 11.2. The molecule has 5 aliphatic rings. The van der Waals surface area contributed by atoms with Crippen LogP contribution in [0.25, 0.3) is 0 Å². The van der Waals surface area contributed by atoms with E-state index in [2.05, 4.69) is 68.9 Å². The number of carbonyl (C=O) groups excluding carboxylic acids is 5. The summed E-state index contributed by atoms with van der Waals surface area (Å²) in [6.45, 7) is 14.8. The molecule has 61 heavy (non-hydrogen) atoms. The monoisotopic (exact) mass is 853 g/mol. The van der Waals surface area contributed by atoms with Gasteiger partial charge >= 0.3 is 0 Å². The number of halogens is 2. The summed E-state index contributed by atoms with van der Waals surface area (Å²) in [6, 6.07) is 15.9. The van der Waals surface area contributed by atoms with Crippen molar-refractivity contribution in [3.05, 3.63) is 87.7 Å². The molecule has 1 unspecified atom stereocenters. The van der Waals surface area contributed by atoms with E-state index in [9.17, 15) is 24.0 Å². The number of benzene rings is 3. The van der Waals surface area contributed by atoms with E-state index in [0.717, 1.165) is 83.9 Å². The van der Waals surface area contributed by atoms with Crippen molar-refractivity contribution in [3.8, 4) is 5.75 Å². The highest BCUT2D eigenvalue weighted by Crippen LogP contribution is 2.62. The van der Waals surface area contributed by atoms with Crippen molar-refractivity contribution in [3.63, 3.8) is 0 Å². The van der Waals surface area contributed by atoms with Crippen molar-refractivity contribution in [2.45, 2.75) is 97.8 Å². The number of hydrogen-bond acceptors (Lipinski definition) is 9. The Balaban J connectivity index is 0.811. The first-order valence-corrected chi connectivity index (χ1v) is 22.2. The maximum Gasteiger partial charge on any atom is 0.262 e. The summed E-state index contributed by atoms with van der Waals surface area (Å²) in [6.07, 6.45) is 4.20. The van der Waals surface area contributed by atoms with Gasteiger partial charge < -0.3 is 19.4 Å². The predicted octanol–water partition coefficient (Wildman–Crippen LogP) is 7.57. The number of nitrogens with zero attached hydrogens (tertiary/aromatic N) is 4. The number of ether oxygens (including phenoxy) is 1. The number of nitrogens with one attached hydrogen (secondary N) is 1. The second kappa shape index (κ2) is 16.5. The minimum absolute atomic E-state index is 0.0210. The Morgan fingerprint density at radius 3 is 2.18 bits per heavy atom. The van der Waals surface area contributed by atoms with Gasteiger partial charge in [-0.3, -0.25) is 34.2 Å². The maximum atomic E-state index is 15.6. The first-order valence-electron chi connectivity index (χ1n) is 21.8. The minimum atomic E-state index is -1.10. The molecule has 0 bridgehead atoms. The van der Waals surface area contributed by atoms with Gasteiger partial charge in [0.1, 0.15) is 23.7 Å². The molecule has 4 heterocycles. The van der Waals surface area contributed by atoms with Crippen LogP contribution in [-0.2, 0) is 16.0 Å². The van der Waals surface area contributed by atoms with E-state index in [1.54, 1.807) is 0 Å². The fourth-order valence-corrected chi connectivity index (χ4v) is 11.5. The van der Waals surface area contributed by atoms with Gasteiger partial charge in [-0.1, -0.05) is 52.3 Å². The molecule has 8 rings (SSSR count). The quantitative estimate of drug-likeness (QED) is 0.145. The third kappa shape index (κ3) is 7.94. The molecule has 13 heteroatoms. The van der Waals surface area contributed by atoms with Gasteiger partial charge in [-0.15, -0.1) is 0 Å². The highest BCUT2D eigenvalue weighted by atomic mass is 35.5. The van der Waals surface area contributed by atoms with Crippen LogP contribution in [0.2, 0.25) is 5.02 Å². The molecular formula is C48H57ClFN5O6. The summed E-state index contributed by atoms with van der Waals surface area (Å²) in [4.78, 5) is 72.0. The Morgan fingerprint density at radius 2 is 1.54 bits per heavy atom. The van der Waals surface area contributed by atoms with Gasteiger partial charge in [0.2, 0.25) is 11.8 Å². The van der Waals surface area contributed by atoms with Gasteiger partial charge in [-0.2, -0.15) is 0 Å². The van der Waals surface area contributed by atoms with E-state index in [1.807, 2.05) is 35.2 Å². The number of piperidine rings is 2. The molecule has 1 saturated carbocycles. The molecular weight excluding hydrogens is 797 g/mol. The molecule has 0 radical (unpaired) electrons. The number of aryl methyl sites for hydroxylation is 1. The van der Waals surface area contributed by atoms with Crippen molar-refractivity contribution < 1.29 is 33.1 Å². The number of Topliss-reactive ketones (excluding diaryl/α,β-unsaturated/α-hetero) is 1. The first-order chi connectivity index (χ1) is 29.0. The molecule has 1 N–H and O–H groups in total. The Labute approximate surface area is 362 Å². The molecule has 0 aromatic heterocycles. The molecule has 11 nitrogen and oxygen atoms in total. The Morgan fingerprint density at radius 1 is 0.885 bits per heavy atom. The van der Waals surface area contributed by atoms with Crippen molar-refractivity contribution in [1.29, 1.82) is 0 Å². The number of rotatable bonds is 12. The second-order valence-electron chi connectivity index (χ2n) is 19.0. The Hall–Kier alpha value is -4.81. The van der Waals surface area contributed by atoms with Crippen LogP contribution in [-0.4, -0.2) is 97.2 Å². The molecule has 1 aliphatic carbocycles. The average molecular weight is 854 g/mol. The van der Waals surface area contributed by atoms with Gasteiger partial charge in [-0.25, -0.2) is 4.39 Å². The van der Waals surface area contributed by atoms with E-state index >= 15 is 4.39 Å². The van der Waals surface area contributed by atoms with Crippen molar-refractivity contribution in [1.82, 2.24) is 15.1 Å². The van der Waals surface area contributed by atoms with Crippen LogP contribution in [0.15, 0.2) is 54.6 Å². The van der Waals surface area contributed by atoms with Crippen LogP contribution < -0.4 is 19.9 Å². The SMILES string of the molecule is CCc1ccc(OC2C(C)(C)C(CC(=O)c3ccc(N4CCC(N(C)C[C@@H]5CCN(c6cc7c(cc6F)C(=O)N(C6CCC(=O)NC6=O)C7=O)C5)CC4)cc3)C2(C)C)cc1Cl. The van der Waals surface area contributed by atoms with Crippen LogP contribution in [0, 0.1) is 28.5 Å². The van der Waals surface area contributed by atoms with Crippen LogP contribution in [0.3, 0.4) is 0 Å². The number of ketones is 1. The number of hydrogen-bond donors (Lipinski definition) is 1. The molecule has 2 atom stereocenters. The van der Waals surface area contributed by atoms with Crippen LogP contribution in [0.4, 0.5) is 15.8 Å². The standard InChI is InChI=1S/C48H57ClFN5O6/c1-7-29-10-13-33(22-36(29)49)61-46-47(2,3)41(48(46,4)5)25-40(56)30-8-11-32(12-9-30)53-20-17-31(18-21-53)52(6)26-28-16-19-54(27-28)39-24-35-34(23-37(39)50)44(59)55(45(35)60)38-14-15-42(57)51-43(38)58/h8-13,22-24,28,31,38,41,46H,7,14-21,25-27H2,1-6H3,(H,51,57,58)/t28-,38?,41?,46?/m0/s1. The molecule has 3 saturated heterocycles. The topological polar surface area (TPSA) is 120 Å². The normalized spacial score (nSPS) is 24.9. The van der Waals surface area contributed by atoms with Gasteiger partial charge in [0.25, 0.3) is 11.8 Å². The van der Waals surface area contributed by atoms with Crippen molar-refractivity contribution >= 4 is 52.4 Å². The van der Waals surface area contributed by atoms with Crippen LogP contribution in [0.1, 0.15) is 110 Å². The largest absolute Gasteiger partial charge is 0.489 e. The number of amides is 4. The van der Waals surface area contributed by atoms with Crippen LogP contribution >= 0.6 is 11.6 Å². The van der Waals surface area contributed by atoms with E-state index in [1.165, 1.54) is 6.07 Å². The summed E-state index contributed by atoms with van der Waals surface area (Å²) >= 11 is 6.49. The van der Waals surface area contributed by atoms with E-state index in [0.29, 0.717) is 31.5 Å². The first kappa shape index (κ1) is 42.9. The summed E-state index contributed by atoms with van der Waals surface area (Å²) < 4.78 is 22.1. The summed E-state index contributed by atoms with van der Waals surface area (Å²) in [5, 5.41) is 2.91. The van der Waals surface area contributed by atoms with Gasteiger partial charge in [0.15, 0.2) is 5.78 Å². The molecule has 3 aromatic carbocycles. The Kier molecular flexibility index (Phi) is 11.6. The van der Waals surface area contributed by atoms with Gasteiger partial charge in [-0.05, 0) is 105 Å². The summed E-state index contributed by atoms with van der Waals surface area (Å²) in [5.41, 5.74) is 2.87. The average Bonchev–Trinajstić information content (AvgIpc) is 3.79. The second-order valence-corrected chi connectivity index (χ2v) is 19.4. The number of carbonyl (C=O) groups is 5. The summed E-state index contributed by atoms with van der Waals surface area (Å²) in [5.74, 6) is -1.70. The highest BCUT2D eigenvalue weighted by molar-refractivity contribution is 6.31. The molecule has 3 aromatic rings. The van der Waals surface area contributed by atoms with Crippen molar-refractivity contribution in [2.24, 2.45) is 22.7 Å². The highest BCUT2D eigenvalue weighted by Gasteiger charge is 2.63. The fraction of sp³-hybridized carbons (Fsp3) is 0.521. The van der Waals surface area contributed by atoms with E-state index < -0.39 is 35.5 Å². The van der Waals surface area contributed by atoms with Crippen LogP contribution in [0.5, 0.6) is 5.75 Å². The zero-order valence-corrected chi connectivity index (χ0v) is 36.8. The molecule has 324 valence electrons. The van der Waals surface area contributed by atoms with Gasteiger partial charge in [0, 0.05) is 78.7 Å². The lowest BCUT2D eigenvalue weighted by Gasteiger charge is -2.63. The number of fused-ring (bicyclic) bond motifs is 1.